The fourth-order valence-electron chi connectivity index (χ4n) is 3.83. The highest BCUT2D eigenvalue weighted by Gasteiger charge is 2.43. The number of rotatable bonds is 4. The predicted octanol–water partition coefficient (Wildman–Crippen LogP) is 1.37. The molecule has 0 saturated carbocycles. The highest BCUT2D eigenvalue weighted by atomic mass is 16.2. The number of aryl methyl sites for hydroxylation is 2. The molecule has 0 unspecified atom stereocenters. The standard InChI is InChI=1S/C20H24N6O2/c1-14-12-15(2)22-20(21-14)23-26-18(27)13-17(19(26)28)25-10-8-24(9-11-25)16-6-4-3-5-7-16/h3-7,12,17H,8-11,13H2,1-2H3,(H,21,22,23)/t17-/m0/s1. The van der Waals surface area contributed by atoms with E-state index in [0.717, 1.165) is 42.6 Å². The van der Waals surface area contributed by atoms with E-state index < -0.39 is 6.04 Å². The molecule has 8 heteroatoms. The lowest BCUT2D eigenvalue weighted by molar-refractivity contribution is -0.138. The minimum Gasteiger partial charge on any atom is -0.369 e. The second kappa shape index (κ2) is 7.55. The number of amides is 2. The maximum Gasteiger partial charge on any atom is 0.266 e. The number of aromatic nitrogens is 2. The van der Waals surface area contributed by atoms with Crippen molar-refractivity contribution in [2.75, 3.05) is 36.5 Å². The van der Waals surface area contributed by atoms with E-state index in [-0.39, 0.29) is 24.2 Å². The van der Waals surface area contributed by atoms with Crippen molar-refractivity contribution in [3.05, 3.63) is 47.8 Å². The second-order valence-electron chi connectivity index (χ2n) is 7.23. The molecule has 1 atom stereocenters. The van der Waals surface area contributed by atoms with E-state index in [9.17, 15) is 9.59 Å². The third kappa shape index (κ3) is 3.68. The van der Waals surface area contributed by atoms with Crippen LogP contribution in [0.4, 0.5) is 11.6 Å². The summed E-state index contributed by atoms with van der Waals surface area (Å²) in [6.07, 6.45) is 0.183. The Labute approximate surface area is 164 Å². The van der Waals surface area contributed by atoms with Crippen molar-refractivity contribution in [1.82, 2.24) is 19.9 Å². The zero-order valence-corrected chi connectivity index (χ0v) is 16.1. The number of imide groups is 1. The van der Waals surface area contributed by atoms with Crippen LogP contribution < -0.4 is 10.3 Å². The molecule has 28 heavy (non-hydrogen) atoms. The van der Waals surface area contributed by atoms with E-state index in [4.69, 9.17) is 0 Å². The van der Waals surface area contributed by atoms with Crippen LogP contribution in [0.15, 0.2) is 36.4 Å². The molecule has 0 aliphatic carbocycles. The maximum absolute atomic E-state index is 12.9. The Hall–Kier alpha value is -3.00. The van der Waals surface area contributed by atoms with E-state index in [1.54, 1.807) is 0 Å². The summed E-state index contributed by atoms with van der Waals surface area (Å²) in [7, 11) is 0. The number of para-hydroxylation sites is 1. The first kappa shape index (κ1) is 18.4. The first-order valence-corrected chi connectivity index (χ1v) is 9.51. The van der Waals surface area contributed by atoms with Gasteiger partial charge in [-0.1, -0.05) is 18.2 Å². The van der Waals surface area contributed by atoms with Gasteiger partial charge in [-0.15, -0.1) is 0 Å². The lowest BCUT2D eigenvalue weighted by Gasteiger charge is -2.38. The van der Waals surface area contributed by atoms with Crippen molar-refractivity contribution in [3.8, 4) is 0 Å². The average Bonchev–Trinajstić information content (AvgIpc) is 2.96. The van der Waals surface area contributed by atoms with Crippen LogP contribution >= 0.6 is 0 Å². The van der Waals surface area contributed by atoms with Gasteiger partial charge < -0.3 is 4.90 Å². The smallest absolute Gasteiger partial charge is 0.266 e. The van der Waals surface area contributed by atoms with Crippen LogP contribution in [0.25, 0.3) is 0 Å². The minimum atomic E-state index is -0.427. The van der Waals surface area contributed by atoms with Crippen molar-refractivity contribution in [2.24, 2.45) is 0 Å². The van der Waals surface area contributed by atoms with E-state index in [1.807, 2.05) is 38.1 Å². The summed E-state index contributed by atoms with van der Waals surface area (Å²) in [5.41, 5.74) is 5.55. The van der Waals surface area contributed by atoms with Crippen LogP contribution in [-0.2, 0) is 9.59 Å². The van der Waals surface area contributed by atoms with Gasteiger partial charge in [-0.25, -0.2) is 9.97 Å². The average molecular weight is 380 g/mol. The molecule has 2 saturated heterocycles. The van der Waals surface area contributed by atoms with Crippen LogP contribution in [0, 0.1) is 13.8 Å². The summed E-state index contributed by atoms with van der Waals surface area (Å²) in [6, 6.07) is 11.7. The Morgan fingerprint density at radius 1 is 0.964 bits per heavy atom. The summed E-state index contributed by atoms with van der Waals surface area (Å²) >= 11 is 0. The van der Waals surface area contributed by atoms with Crippen LogP contribution in [0.1, 0.15) is 17.8 Å². The van der Waals surface area contributed by atoms with Gasteiger partial charge in [0.25, 0.3) is 5.91 Å². The van der Waals surface area contributed by atoms with Crippen LogP contribution in [0.3, 0.4) is 0 Å². The number of hydrogen-bond donors (Lipinski definition) is 1. The van der Waals surface area contributed by atoms with Gasteiger partial charge >= 0.3 is 0 Å². The molecular weight excluding hydrogens is 356 g/mol. The normalized spacial score (nSPS) is 20.7. The summed E-state index contributed by atoms with van der Waals surface area (Å²) in [4.78, 5) is 38.2. The monoisotopic (exact) mass is 380 g/mol. The zero-order valence-electron chi connectivity index (χ0n) is 16.1. The Morgan fingerprint density at radius 3 is 2.25 bits per heavy atom. The largest absolute Gasteiger partial charge is 0.369 e. The third-order valence-electron chi connectivity index (χ3n) is 5.19. The van der Waals surface area contributed by atoms with Gasteiger partial charge in [0, 0.05) is 43.3 Å². The van der Waals surface area contributed by atoms with E-state index in [0.29, 0.717) is 0 Å². The number of nitrogens with one attached hydrogen (secondary N) is 1. The second-order valence-corrected chi connectivity index (χ2v) is 7.23. The molecule has 4 rings (SSSR count). The van der Waals surface area contributed by atoms with Crippen LogP contribution in [0.5, 0.6) is 0 Å². The molecule has 2 aliphatic rings. The number of hydrogen-bond acceptors (Lipinski definition) is 7. The van der Waals surface area contributed by atoms with Crippen molar-refractivity contribution < 1.29 is 9.59 Å². The molecule has 1 aromatic carbocycles. The van der Waals surface area contributed by atoms with Crippen molar-refractivity contribution in [3.63, 3.8) is 0 Å². The predicted molar refractivity (Wildman–Crippen MR) is 106 cm³/mol. The highest BCUT2D eigenvalue weighted by molar-refractivity contribution is 6.06. The van der Waals surface area contributed by atoms with Crippen LogP contribution in [-0.4, -0.2) is 63.9 Å². The zero-order chi connectivity index (χ0) is 19.7. The Balaban J connectivity index is 1.40. The Morgan fingerprint density at radius 2 is 1.61 bits per heavy atom. The quantitative estimate of drug-likeness (QED) is 0.802. The van der Waals surface area contributed by atoms with E-state index in [1.165, 1.54) is 5.69 Å². The molecule has 1 N–H and O–H groups in total. The summed E-state index contributed by atoms with van der Waals surface area (Å²) in [5.74, 6) is -0.210. The SMILES string of the molecule is Cc1cc(C)nc(NN2C(=O)C[C@H](N3CCN(c4ccccc4)CC3)C2=O)n1. The van der Waals surface area contributed by atoms with Crippen LogP contribution in [0.2, 0.25) is 0 Å². The summed E-state index contributed by atoms with van der Waals surface area (Å²) in [5, 5.41) is 1.07. The number of carbonyl (C=O) groups excluding carboxylic acids is 2. The molecule has 0 radical (unpaired) electrons. The van der Waals surface area contributed by atoms with Gasteiger partial charge in [0.2, 0.25) is 11.9 Å². The Kier molecular flexibility index (Phi) is 4.95. The van der Waals surface area contributed by atoms with Gasteiger partial charge in [-0.3, -0.25) is 19.9 Å². The van der Waals surface area contributed by atoms with Gasteiger partial charge in [0.05, 0.1) is 6.42 Å². The molecule has 2 fully saturated rings. The fourth-order valence-corrected chi connectivity index (χ4v) is 3.83. The van der Waals surface area contributed by atoms with Crippen molar-refractivity contribution in [1.29, 1.82) is 0 Å². The molecule has 2 aliphatic heterocycles. The third-order valence-corrected chi connectivity index (χ3v) is 5.19. The molecule has 1 aromatic heterocycles. The first-order valence-electron chi connectivity index (χ1n) is 9.51. The fraction of sp³-hybridized carbons (Fsp3) is 0.400. The molecule has 0 bridgehead atoms. The Bertz CT molecular complexity index is 859. The molecule has 0 spiro atoms. The molecular formula is C20H24N6O2. The summed E-state index contributed by atoms with van der Waals surface area (Å²) in [6.45, 7) is 6.84. The minimum absolute atomic E-state index is 0.183. The summed E-state index contributed by atoms with van der Waals surface area (Å²) < 4.78 is 0. The van der Waals surface area contributed by atoms with Crippen molar-refractivity contribution >= 4 is 23.5 Å². The molecule has 8 nitrogen and oxygen atoms in total. The van der Waals surface area contributed by atoms with Crippen molar-refractivity contribution in [2.45, 2.75) is 26.3 Å². The first-order chi connectivity index (χ1) is 13.5. The number of nitrogens with zero attached hydrogens (tertiary/aromatic N) is 5. The number of anilines is 2. The lowest BCUT2D eigenvalue weighted by atomic mass is 10.1. The van der Waals surface area contributed by atoms with Gasteiger partial charge in [-0.05, 0) is 32.0 Å². The highest BCUT2D eigenvalue weighted by Crippen LogP contribution is 2.23. The van der Waals surface area contributed by atoms with Gasteiger partial charge in [0.15, 0.2) is 0 Å². The molecule has 2 aromatic rings. The number of benzene rings is 1. The van der Waals surface area contributed by atoms with Gasteiger partial charge in [0.1, 0.15) is 6.04 Å². The lowest BCUT2D eigenvalue weighted by Crippen LogP contribution is -2.53. The number of carbonyl (C=O) groups is 2. The number of hydrazine groups is 1. The number of piperazine rings is 1. The molecule has 146 valence electrons. The molecule has 3 heterocycles. The molecule has 2 amide bonds. The maximum atomic E-state index is 12.9. The van der Waals surface area contributed by atoms with E-state index >= 15 is 0 Å². The van der Waals surface area contributed by atoms with Gasteiger partial charge in [-0.2, -0.15) is 5.01 Å². The van der Waals surface area contributed by atoms with E-state index in [2.05, 4.69) is 37.3 Å². The topological polar surface area (TPSA) is 81.7 Å².